The van der Waals surface area contributed by atoms with Crippen LogP contribution in [0.4, 0.5) is 0 Å². The lowest BCUT2D eigenvalue weighted by Gasteiger charge is -2.23. The molecule has 0 fully saturated rings. The Morgan fingerprint density at radius 2 is 2.21 bits per heavy atom. The van der Waals surface area contributed by atoms with Gasteiger partial charge < -0.3 is 9.84 Å². The Bertz CT molecular complexity index is 409. The van der Waals surface area contributed by atoms with Crippen molar-refractivity contribution in [2.45, 2.75) is 33.4 Å². The van der Waals surface area contributed by atoms with E-state index >= 15 is 0 Å². The van der Waals surface area contributed by atoms with Crippen molar-refractivity contribution in [3.8, 4) is 0 Å². The van der Waals surface area contributed by atoms with E-state index in [0.717, 1.165) is 17.9 Å². The van der Waals surface area contributed by atoms with E-state index in [9.17, 15) is 4.79 Å². The maximum Gasteiger partial charge on any atom is 0.334 e. The molecule has 1 heterocycles. The predicted octanol–water partition coefficient (Wildman–Crippen LogP) is 1.70. The Labute approximate surface area is 114 Å². The van der Waals surface area contributed by atoms with Crippen molar-refractivity contribution in [1.82, 2.24) is 9.88 Å². The van der Waals surface area contributed by atoms with Gasteiger partial charge in [-0.3, -0.25) is 9.88 Å². The number of aliphatic carboxylic acids is 1. The van der Waals surface area contributed by atoms with Crippen molar-refractivity contribution < 1.29 is 14.6 Å². The normalized spacial score (nSPS) is 12.6. The molecule has 1 rings (SSSR count). The van der Waals surface area contributed by atoms with Crippen molar-refractivity contribution in [1.29, 1.82) is 0 Å². The van der Waals surface area contributed by atoms with E-state index < -0.39 is 12.1 Å². The van der Waals surface area contributed by atoms with E-state index in [0.29, 0.717) is 19.7 Å². The second kappa shape index (κ2) is 7.86. The van der Waals surface area contributed by atoms with E-state index in [2.05, 4.69) is 4.98 Å². The number of aryl methyl sites for hydroxylation is 1. The lowest BCUT2D eigenvalue weighted by Crippen LogP contribution is -2.38. The van der Waals surface area contributed by atoms with E-state index in [1.54, 1.807) is 6.92 Å². The van der Waals surface area contributed by atoms with Crippen molar-refractivity contribution in [3.63, 3.8) is 0 Å². The van der Waals surface area contributed by atoms with Crippen LogP contribution < -0.4 is 0 Å². The van der Waals surface area contributed by atoms with Crippen LogP contribution in [0.2, 0.25) is 0 Å². The van der Waals surface area contributed by atoms with Gasteiger partial charge in [0.25, 0.3) is 0 Å². The molecule has 0 aliphatic rings. The molecule has 0 amide bonds. The number of hydrogen-bond donors (Lipinski definition) is 1. The van der Waals surface area contributed by atoms with Crippen LogP contribution in [-0.2, 0) is 16.1 Å². The summed E-state index contributed by atoms with van der Waals surface area (Å²) in [5, 5.41) is 9.09. The Balaban J connectivity index is 2.64. The zero-order valence-electron chi connectivity index (χ0n) is 11.8. The first-order valence-corrected chi connectivity index (χ1v) is 6.56. The molecule has 0 bridgehead atoms. The molecule has 0 saturated carbocycles. The second-order valence-electron chi connectivity index (χ2n) is 4.38. The van der Waals surface area contributed by atoms with Crippen LogP contribution in [-0.4, -0.2) is 46.8 Å². The minimum Gasteiger partial charge on any atom is -0.479 e. The molecule has 19 heavy (non-hydrogen) atoms. The van der Waals surface area contributed by atoms with Crippen LogP contribution in [0, 0.1) is 6.92 Å². The van der Waals surface area contributed by atoms with Crippen molar-refractivity contribution in [2.75, 3.05) is 19.7 Å². The molecule has 1 unspecified atom stereocenters. The fourth-order valence-electron chi connectivity index (χ4n) is 1.86. The zero-order valence-corrected chi connectivity index (χ0v) is 11.8. The average Bonchev–Trinajstić information content (AvgIpc) is 2.37. The van der Waals surface area contributed by atoms with Gasteiger partial charge in [0.05, 0.1) is 5.69 Å². The number of pyridine rings is 1. The standard InChI is InChI=1S/C14H22N2O3/c1-4-16(10-13(14(17)18)19-5-2)9-12-8-6-7-11(3)15-12/h6-8,13H,4-5,9-10H2,1-3H3,(H,17,18). The van der Waals surface area contributed by atoms with Crippen LogP contribution >= 0.6 is 0 Å². The Hall–Kier alpha value is -1.46. The highest BCUT2D eigenvalue weighted by Gasteiger charge is 2.20. The molecule has 1 aromatic rings. The number of likely N-dealkylation sites (N-methyl/N-ethyl adjacent to an activating group) is 1. The fraction of sp³-hybridized carbons (Fsp3) is 0.571. The fourth-order valence-corrected chi connectivity index (χ4v) is 1.86. The third-order valence-electron chi connectivity index (χ3n) is 2.85. The largest absolute Gasteiger partial charge is 0.479 e. The molecule has 0 aliphatic heterocycles. The number of carbonyl (C=O) groups is 1. The first-order chi connectivity index (χ1) is 9.06. The van der Waals surface area contributed by atoms with E-state index in [-0.39, 0.29) is 0 Å². The maximum atomic E-state index is 11.1. The third kappa shape index (κ3) is 5.36. The van der Waals surface area contributed by atoms with E-state index in [1.165, 1.54) is 0 Å². The van der Waals surface area contributed by atoms with Crippen LogP contribution in [0.1, 0.15) is 25.2 Å². The topological polar surface area (TPSA) is 62.7 Å². The Morgan fingerprint density at radius 3 is 2.74 bits per heavy atom. The number of rotatable bonds is 8. The molecule has 1 N–H and O–H groups in total. The van der Waals surface area contributed by atoms with E-state index in [4.69, 9.17) is 9.84 Å². The predicted molar refractivity (Wildman–Crippen MR) is 73.0 cm³/mol. The highest BCUT2D eigenvalue weighted by atomic mass is 16.5. The monoisotopic (exact) mass is 266 g/mol. The molecule has 5 heteroatoms. The summed E-state index contributed by atoms with van der Waals surface area (Å²) >= 11 is 0. The summed E-state index contributed by atoms with van der Waals surface area (Å²) in [6, 6.07) is 5.86. The highest BCUT2D eigenvalue weighted by molar-refractivity contribution is 5.72. The summed E-state index contributed by atoms with van der Waals surface area (Å²) in [4.78, 5) is 17.5. The zero-order chi connectivity index (χ0) is 14.3. The second-order valence-corrected chi connectivity index (χ2v) is 4.38. The molecule has 1 atom stereocenters. The van der Waals surface area contributed by atoms with Crippen molar-refractivity contribution in [3.05, 3.63) is 29.6 Å². The van der Waals surface area contributed by atoms with Crippen LogP contribution in [0.25, 0.3) is 0 Å². The number of nitrogens with zero attached hydrogens (tertiary/aromatic N) is 2. The number of ether oxygens (including phenoxy) is 1. The van der Waals surface area contributed by atoms with Gasteiger partial charge in [-0.05, 0) is 32.5 Å². The maximum absolute atomic E-state index is 11.1. The van der Waals surface area contributed by atoms with Gasteiger partial charge in [0.2, 0.25) is 0 Å². The number of aromatic nitrogens is 1. The first-order valence-electron chi connectivity index (χ1n) is 6.56. The summed E-state index contributed by atoms with van der Waals surface area (Å²) in [6.07, 6.45) is -0.783. The summed E-state index contributed by atoms with van der Waals surface area (Å²) < 4.78 is 5.24. The summed E-state index contributed by atoms with van der Waals surface area (Å²) in [7, 11) is 0. The van der Waals surface area contributed by atoms with Gasteiger partial charge in [-0.25, -0.2) is 4.79 Å². The lowest BCUT2D eigenvalue weighted by atomic mass is 10.2. The molecule has 0 spiro atoms. The molecule has 5 nitrogen and oxygen atoms in total. The molecule has 0 aromatic carbocycles. The Kier molecular flexibility index (Phi) is 6.45. The molecule has 1 aromatic heterocycles. The minimum atomic E-state index is -0.919. The lowest BCUT2D eigenvalue weighted by molar-refractivity contribution is -0.151. The Morgan fingerprint density at radius 1 is 1.47 bits per heavy atom. The highest BCUT2D eigenvalue weighted by Crippen LogP contribution is 2.06. The first kappa shape index (κ1) is 15.6. The molecule has 0 aliphatic carbocycles. The minimum absolute atomic E-state index is 0.370. The number of hydrogen-bond acceptors (Lipinski definition) is 4. The third-order valence-corrected chi connectivity index (χ3v) is 2.85. The SMILES string of the molecule is CCOC(CN(CC)Cc1cccc(C)n1)C(=O)O. The number of carboxylic acid groups (broad SMARTS) is 1. The average molecular weight is 266 g/mol. The molecular formula is C14H22N2O3. The van der Waals surface area contributed by atoms with Gasteiger partial charge in [0, 0.05) is 25.4 Å². The summed E-state index contributed by atoms with van der Waals surface area (Å²) in [5.41, 5.74) is 1.91. The number of carboxylic acids is 1. The molecule has 0 saturated heterocycles. The van der Waals surface area contributed by atoms with Gasteiger partial charge in [-0.2, -0.15) is 0 Å². The summed E-state index contributed by atoms with van der Waals surface area (Å²) in [5.74, 6) is -0.919. The molecule has 0 radical (unpaired) electrons. The van der Waals surface area contributed by atoms with Gasteiger partial charge in [0.15, 0.2) is 6.10 Å². The van der Waals surface area contributed by atoms with Crippen LogP contribution in [0.5, 0.6) is 0 Å². The van der Waals surface area contributed by atoms with Crippen molar-refractivity contribution >= 4 is 5.97 Å². The molecule has 106 valence electrons. The van der Waals surface area contributed by atoms with Crippen LogP contribution in [0.15, 0.2) is 18.2 Å². The summed E-state index contributed by atoms with van der Waals surface area (Å²) in [6.45, 7) is 7.91. The van der Waals surface area contributed by atoms with Gasteiger partial charge in [-0.15, -0.1) is 0 Å². The van der Waals surface area contributed by atoms with Gasteiger partial charge in [0.1, 0.15) is 0 Å². The van der Waals surface area contributed by atoms with Gasteiger partial charge >= 0.3 is 5.97 Å². The van der Waals surface area contributed by atoms with E-state index in [1.807, 2.05) is 36.9 Å². The van der Waals surface area contributed by atoms with Crippen molar-refractivity contribution in [2.24, 2.45) is 0 Å². The molecular weight excluding hydrogens is 244 g/mol. The quantitative estimate of drug-likeness (QED) is 0.776. The van der Waals surface area contributed by atoms with Crippen LogP contribution in [0.3, 0.4) is 0 Å². The van der Waals surface area contributed by atoms with Gasteiger partial charge in [-0.1, -0.05) is 13.0 Å². The smallest absolute Gasteiger partial charge is 0.334 e.